The molecule has 1 saturated heterocycles. The van der Waals surface area contributed by atoms with Gasteiger partial charge in [0, 0.05) is 31.6 Å². The smallest absolute Gasteiger partial charge is 0.312 e. The number of amides is 1. The van der Waals surface area contributed by atoms with Crippen LogP contribution in [0.15, 0.2) is 5.38 Å². The summed E-state index contributed by atoms with van der Waals surface area (Å²) in [6, 6.07) is 0. The minimum Gasteiger partial charge on any atom is -0.455 e. The highest BCUT2D eigenvalue weighted by Gasteiger charge is 2.26. The number of thiazole rings is 1. The average Bonchev–Trinajstić information content (AvgIpc) is 2.89. The SMILES string of the molecule is Cc1nc(CC(=O)OCC(=O)N2CCN(S(C)(=O)=O)CC2)cs1. The van der Waals surface area contributed by atoms with Gasteiger partial charge in [0.25, 0.3) is 5.91 Å². The fourth-order valence-electron chi connectivity index (χ4n) is 2.19. The van der Waals surface area contributed by atoms with E-state index in [9.17, 15) is 18.0 Å². The second-order valence-electron chi connectivity index (χ2n) is 5.24. The van der Waals surface area contributed by atoms with Crippen LogP contribution in [0.2, 0.25) is 0 Å². The molecule has 0 bridgehead atoms. The Morgan fingerprint density at radius 3 is 2.48 bits per heavy atom. The predicted octanol–water partition coefficient (Wildman–Crippen LogP) is -0.359. The molecule has 1 fully saturated rings. The minimum absolute atomic E-state index is 0.0411. The van der Waals surface area contributed by atoms with Gasteiger partial charge in [0.2, 0.25) is 10.0 Å². The molecule has 0 atom stereocenters. The van der Waals surface area contributed by atoms with Crippen molar-refractivity contribution in [2.75, 3.05) is 39.0 Å². The third-order valence-electron chi connectivity index (χ3n) is 3.41. The van der Waals surface area contributed by atoms with Crippen LogP contribution in [0.25, 0.3) is 0 Å². The first kappa shape index (κ1) is 17.8. The van der Waals surface area contributed by atoms with Crippen LogP contribution in [0.3, 0.4) is 0 Å². The van der Waals surface area contributed by atoms with Crippen LogP contribution in [0.4, 0.5) is 0 Å². The normalized spacial score (nSPS) is 16.3. The topological polar surface area (TPSA) is 96.9 Å². The number of esters is 1. The number of sulfonamides is 1. The zero-order valence-corrected chi connectivity index (χ0v) is 14.7. The molecular weight excluding hydrogens is 342 g/mol. The molecule has 8 nitrogen and oxygen atoms in total. The molecule has 1 aromatic heterocycles. The summed E-state index contributed by atoms with van der Waals surface area (Å²) in [5.74, 6) is -0.820. The Bertz CT molecular complexity index is 678. The number of carbonyl (C=O) groups excluding carboxylic acids is 2. The predicted molar refractivity (Wildman–Crippen MR) is 84.5 cm³/mol. The van der Waals surface area contributed by atoms with Crippen molar-refractivity contribution < 1.29 is 22.7 Å². The van der Waals surface area contributed by atoms with Crippen molar-refractivity contribution >= 4 is 33.2 Å². The standard InChI is InChI=1S/C13H19N3O5S2/c1-10-14-11(9-22-10)7-13(18)21-8-12(17)15-3-5-16(6-4-15)23(2,19)20/h9H,3-8H2,1-2H3. The molecule has 0 spiro atoms. The van der Waals surface area contributed by atoms with Crippen LogP contribution < -0.4 is 0 Å². The number of rotatable bonds is 5. The van der Waals surface area contributed by atoms with Crippen LogP contribution in [0.1, 0.15) is 10.7 Å². The number of ether oxygens (including phenoxy) is 1. The number of aryl methyl sites for hydroxylation is 1. The minimum atomic E-state index is -3.23. The molecule has 0 unspecified atom stereocenters. The number of nitrogens with zero attached hydrogens (tertiary/aromatic N) is 3. The van der Waals surface area contributed by atoms with E-state index in [0.29, 0.717) is 18.8 Å². The summed E-state index contributed by atoms with van der Waals surface area (Å²) in [4.78, 5) is 29.3. The van der Waals surface area contributed by atoms with Crippen molar-refractivity contribution in [3.8, 4) is 0 Å². The second kappa shape index (κ2) is 7.37. The molecule has 0 radical (unpaired) electrons. The maximum absolute atomic E-state index is 12.0. The van der Waals surface area contributed by atoms with Crippen LogP contribution in [0, 0.1) is 6.92 Å². The Balaban J connectivity index is 1.74. The zero-order valence-electron chi connectivity index (χ0n) is 13.0. The van der Waals surface area contributed by atoms with Crippen molar-refractivity contribution in [2.24, 2.45) is 0 Å². The summed E-state index contributed by atoms with van der Waals surface area (Å²) in [5, 5.41) is 2.65. The average molecular weight is 361 g/mol. The van der Waals surface area contributed by atoms with Crippen molar-refractivity contribution in [3.05, 3.63) is 16.1 Å². The molecule has 1 aliphatic heterocycles. The zero-order chi connectivity index (χ0) is 17.0. The van der Waals surface area contributed by atoms with E-state index in [-0.39, 0.29) is 32.0 Å². The maximum Gasteiger partial charge on any atom is 0.312 e. The van der Waals surface area contributed by atoms with E-state index in [1.807, 2.05) is 6.92 Å². The summed E-state index contributed by atoms with van der Waals surface area (Å²) in [6.07, 6.45) is 1.19. The molecule has 128 valence electrons. The Hall–Kier alpha value is -1.52. The number of carbonyl (C=O) groups is 2. The quantitative estimate of drug-likeness (QED) is 0.665. The first-order chi connectivity index (χ1) is 10.8. The van der Waals surface area contributed by atoms with Crippen LogP contribution in [-0.2, 0) is 30.8 Å². The summed E-state index contributed by atoms with van der Waals surface area (Å²) < 4.78 is 29.1. The third kappa shape index (κ3) is 5.26. The summed E-state index contributed by atoms with van der Waals surface area (Å²) >= 11 is 1.45. The molecular formula is C13H19N3O5S2. The van der Waals surface area contributed by atoms with Gasteiger partial charge in [-0.05, 0) is 6.92 Å². The molecule has 2 rings (SSSR count). The lowest BCUT2D eigenvalue weighted by Gasteiger charge is -2.33. The van der Waals surface area contributed by atoms with Gasteiger partial charge in [-0.15, -0.1) is 11.3 Å². The van der Waals surface area contributed by atoms with Crippen molar-refractivity contribution in [2.45, 2.75) is 13.3 Å². The Morgan fingerprint density at radius 1 is 1.30 bits per heavy atom. The van der Waals surface area contributed by atoms with Crippen molar-refractivity contribution in [3.63, 3.8) is 0 Å². The van der Waals surface area contributed by atoms with Gasteiger partial charge in [-0.2, -0.15) is 4.31 Å². The van der Waals surface area contributed by atoms with Crippen LogP contribution in [0.5, 0.6) is 0 Å². The highest BCUT2D eigenvalue weighted by molar-refractivity contribution is 7.88. The van der Waals surface area contributed by atoms with E-state index in [2.05, 4.69) is 4.98 Å². The maximum atomic E-state index is 12.0. The molecule has 1 amide bonds. The van der Waals surface area contributed by atoms with Crippen molar-refractivity contribution in [1.29, 1.82) is 0 Å². The lowest BCUT2D eigenvalue weighted by Crippen LogP contribution is -2.51. The number of hydrogen-bond donors (Lipinski definition) is 0. The molecule has 23 heavy (non-hydrogen) atoms. The fourth-order valence-corrected chi connectivity index (χ4v) is 3.63. The van der Waals surface area contributed by atoms with Gasteiger partial charge in [0.15, 0.2) is 6.61 Å². The second-order valence-corrected chi connectivity index (χ2v) is 8.28. The first-order valence-corrected chi connectivity index (χ1v) is 9.78. The molecule has 1 aliphatic rings. The van der Waals surface area contributed by atoms with Crippen molar-refractivity contribution in [1.82, 2.24) is 14.2 Å². The van der Waals surface area contributed by atoms with Gasteiger partial charge in [-0.3, -0.25) is 9.59 Å². The molecule has 0 N–H and O–H groups in total. The van der Waals surface area contributed by atoms with E-state index in [0.717, 1.165) is 11.3 Å². The molecule has 0 aliphatic carbocycles. The Labute approximate surface area is 139 Å². The van der Waals surface area contributed by atoms with E-state index >= 15 is 0 Å². The molecule has 0 saturated carbocycles. The number of piperazine rings is 1. The van der Waals surface area contributed by atoms with Gasteiger partial charge >= 0.3 is 5.97 Å². The van der Waals surface area contributed by atoms with Crippen LogP contribution >= 0.6 is 11.3 Å². The van der Waals surface area contributed by atoms with E-state index < -0.39 is 16.0 Å². The first-order valence-electron chi connectivity index (χ1n) is 7.05. The molecule has 10 heteroatoms. The lowest BCUT2D eigenvalue weighted by atomic mass is 10.3. The van der Waals surface area contributed by atoms with Gasteiger partial charge in [-0.1, -0.05) is 0 Å². The van der Waals surface area contributed by atoms with Crippen LogP contribution in [-0.4, -0.2) is 73.5 Å². The monoisotopic (exact) mass is 361 g/mol. The lowest BCUT2D eigenvalue weighted by molar-refractivity contribution is -0.152. The third-order valence-corrected chi connectivity index (χ3v) is 5.53. The van der Waals surface area contributed by atoms with Gasteiger partial charge in [0.1, 0.15) is 0 Å². The fraction of sp³-hybridized carbons (Fsp3) is 0.615. The highest BCUT2D eigenvalue weighted by atomic mass is 32.2. The number of aromatic nitrogens is 1. The Morgan fingerprint density at radius 2 is 1.96 bits per heavy atom. The number of hydrogen-bond acceptors (Lipinski definition) is 7. The van der Waals surface area contributed by atoms with E-state index in [4.69, 9.17) is 4.74 Å². The summed E-state index contributed by atoms with van der Waals surface area (Å²) in [5.41, 5.74) is 0.631. The molecule has 2 heterocycles. The highest BCUT2D eigenvalue weighted by Crippen LogP contribution is 2.09. The van der Waals surface area contributed by atoms with E-state index in [1.165, 1.54) is 20.5 Å². The molecule has 0 aromatic carbocycles. The molecule has 1 aromatic rings. The Kier molecular flexibility index (Phi) is 5.71. The largest absolute Gasteiger partial charge is 0.455 e. The summed E-state index contributed by atoms with van der Waals surface area (Å²) in [6.45, 7) is 2.64. The van der Waals surface area contributed by atoms with Gasteiger partial charge < -0.3 is 9.64 Å². The summed E-state index contributed by atoms with van der Waals surface area (Å²) in [7, 11) is -3.23. The van der Waals surface area contributed by atoms with Gasteiger partial charge in [-0.25, -0.2) is 13.4 Å². The van der Waals surface area contributed by atoms with E-state index in [1.54, 1.807) is 5.38 Å². The van der Waals surface area contributed by atoms with Gasteiger partial charge in [0.05, 0.1) is 23.4 Å².